The van der Waals surface area contributed by atoms with Crippen LogP contribution in [-0.4, -0.2) is 19.3 Å². The first-order valence-electron chi connectivity index (χ1n) is 12.4. The molecule has 0 aliphatic carbocycles. The van der Waals surface area contributed by atoms with Crippen LogP contribution in [0.15, 0.2) is 36.4 Å². The second-order valence-corrected chi connectivity index (χ2v) is 8.56. The molecule has 0 saturated carbocycles. The highest BCUT2D eigenvalue weighted by Crippen LogP contribution is 2.22. The van der Waals surface area contributed by atoms with Gasteiger partial charge in [-0.05, 0) is 43.7 Å². The van der Waals surface area contributed by atoms with Crippen molar-refractivity contribution >= 4 is 0 Å². The van der Waals surface area contributed by atoms with E-state index in [-0.39, 0.29) is 0 Å². The SMILES string of the molecule is CCCCCCCCCCCCC/C=C/CCCc1ccccc1OCC1CO1. The van der Waals surface area contributed by atoms with Crippen LogP contribution in [0.2, 0.25) is 0 Å². The van der Waals surface area contributed by atoms with Crippen molar-refractivity contribution in [2.45, 2.75) is 109 Å². The molecule has 1 atom stereocenters. The maximum Gasteiger partial charge on any atom is 0.122 e. The standard InChI is InChI=1S/C27H44O2/c1-2-3-4-5-6-7-8-9-10-11-12-13-14-15-16-17-20-25-21-18-19-22-27(25)29-24-26-23-28-26/h14-15,18-19,21-22,26H,2-13,16-17,20,23-24H2,1H3/b15-14+. The lowest BCUT2D eigenvalue weighted by Crippen LogP contribution is -2.05. The molecule has 1 fully saturated rings. The number of para-hydroxylation sites is 1. The molecule has 1 aromatic rings. The Kier molecular flexibility index (Phi) is 13.7. The van der Waals surface area contributed by atoms with Gasteiger partial charge < -0.3 is 9.47 Å². The largest absolute Gasteiger partial charge is 0.491 e. The molecule has 2 rings (SSSR count). The monoisotopic (exact) mass is 400 g/mol. The first kappa shape index (κ1) is 24.0. The summed E-state index contributed by atoms with van der Waals surface area (Å²) in [5.41, 5.74) is 1.33. The Morgan fingerprint density at radius 3 is 2.07 bits per heavy atom. The van der Waals surface area contributed by atoms with Crippen LogP contribution < -0.4 is 4.74 Å². The van der Waals surface area contributed by atoms with Crippen LogP contribution in [-0.2, 0) is 11.2 Å². The molecule has 0 N–H and O–H groups in total. The fourth-order valence-corrected chi connectivity index (χ4v) is 3.77. The molecule has 1 heterocycles. The van der Waals surface area contributed by atoms with Gasteiger partial charge in [-0.1, -0.05) is 101 Å². The van der Waals surface area contributed by atoms with Crippen molar-refractivity contribution in [2.24, 2.45) is 0 Å². The molecule has 0 bridgehead atoms. The molecule has 0 amide bonds. The fraction of sp³-hybridized carbons (Fsp3) is 0.704. The van der Waals surface area contributed by atoms with Gasteiger partial charge in [0.2, 0.25) is 0 Å². The maximum absolute atomic E-state index is 5.90. The summed E-state index contributed by atoms with van der Waals surface area (Å²) < 4.78 is 11.1. The first-order valence-corrected chi connectivity index (χ1v) is 12.4. The average molecular weight is 401 g/mol. The van der Waals surface area contributed by atoms with E-state index < -0.39 is 0 Å². The number of benzene rings is 1. The fourth-order valence-electron chi connectivity index (χ4n) is 3.77. The van der Waals surface area contributed by atoms with Crippen LogP contribution >= 0.6 is 0 Å². The van der Waals surface area contributed by atoms with Gasteiger partial charge in [0.1, 0.15) is 18.5 Å². The maximum atomic E-state index is 5.90. The van der Waals surface area contributed by atoms with E-state index in [0.717, 1.165) is 25.2 Å². The van der Waals surface area contributed by atoms with Gasteiger partial charge in [0.05, 0.1) is 6.61 Å². The molecule has 0 spiro atoms. The van der Waals surface area contributed by atoms with Crippen LogP contribution in [0.25, 0.3) is 0 Å². The minimum absolute atomic E-state index is 0.321. The van der Waals surface area contributed by atoms with Crippen molar-refractivity contribution in [3.8, 4) is 5.75 Å². The summed E-state index contributed by atoms with van der Waals surface area (Å²) in [5, 5.41) is 0. The average Bonchev–Trinajstić information content (AvgIpc) is 3.57. The van der Waals surface area contributed by atoms with Gasteiger partial charge >= 0.3 is 0 Å². The lowest BCUT2D eigenvalue weighted by molar-refractivity contribution is 0.261. The minimum atomic E-state index is 0.321. The third kappa shape index (κ3) is 12.8. The van der Waals surface area contributed by atoms with E-state index in [2.05, 4.69) is 43.3 Å². The van der Waals surface area contributed by atoms with E-state index in [1.165, 1.54) is 89.0 Å². The van der Waals surface area contributed by atoms with Gasteiger partial charge in [-0.2, -0.15) is 0 Å². The predicted octanol–water partition coefficient (Wildman–Crippen LogP) is 8.04. The molecule has 0 aromatic heterocycles. The Morgan fingerprint density at radius 2 is 1.41 bits per heavy atom. The normalized spacial score (nSPS) is 15.8. The predicted molar refractivity (Wildman–Crippen MR) is 125 cm³/mol. The molecular weight excluding hydrogens is 356 g/mol. The minimum Gasteiger partial charge on any atom is -0.491 e. The van der Waals surface area contributed by atoms with E-state index in [0.29, 0.717) is 12.7 Å². The highest BCUT2D eigenvalue weighted by Gasteiger charge is 2.23. The third-order valence-electron chi connectivity index (χ3n) is 5.76. The van der Waals surface area contributed by atoms with Gasteiger partial charge in [0.15, 0.2) is 0 Å². The van der Waals surface area contributed by atoms with Crippen molar-refractivity contribution < 1.29 is 9.47 Å². The lowest BCUT2D eigenvalue weighted by atomic mass is 10.0. The Bertz CT molecular complexity index is 533. The Balaban J connectivity index is 1.39. The van der Waals surface area contributed by atoms with Gasteiger partial charge in [-0.25, -0.2) is 0 Å². The Labute approximate surface area is 180 Å². The molecule has 1 aliphatic heterocycles. The van der Waals surface area contributed by atoms with Crippen LogP contribution in [0, 0.1) is 0 Å². The molecule has 1 aliphatic rings. The topological polar surface area (TPSA) is 21.8 Å². The molecule has 1 unspecified atom stereocenters. The number of epoxide rings is 1. The summed E-state index contributed by atoms with van der Waals surface area (Å²) >= 11 is 0. The van der Waals surface area contributed by atoms with Gasteiger partial charge in [-0.3, -0.25) is 0 Å². The van der Waals surface area contributed by atoms with Crippen molar-refractivity contribution in [3.63, 3.8) is 0 Å². The molecule has 0 radical (unpaired) electrons. The number of ether oxygens (including phenoxy) is 2. The summed E-state index contributed by atoms with van der Waals surface area (Å²) in [7, 11) is 0. The summed E-state index contributed by atoms with van der Waals surface area (Å²) in [6.45, 7) is 3.83. The van der Waals surface area contributed by atoms with Crippen molar-refractivity contribution in [2.75, 3.05) is 13.2 Å². The molecule has 1 saturated heterocycles. The van der Waals surface area contributed by atoms with Crippen LogP contribution in [0.5, 0.6) is 5.75 Å². The van der Waals surface area contributed by atoms with Crippen molar-refractivity contribution in [3.05, 3.63) is 42.0 Å². The molecular formula is C27H44O2. The van der Waals surface area contributed by atoms with Gasteiger partial charge in [-0.15, -0.1) is 0 Å². The summed E-state index contributed by atoms with van der Waals surface area (Å²) in [6, 6.07) is 8.44. The summed E-state index contributed by atoms with van der Waals surface area (Å²) in [6.07, 6.45) is 25.4. The van der Waals surface area contributed by atoms with Crippen LogP contribution in [0.1, 0.15) is 102 Å². The number of rotatable bonds is 19. The zero-order valence-electron chi connectivity index (χ0n) is 18.9. The molecule has 1 aromatic carbocycles. The Morgan fingerprint density at radius 1 is 0.828 bits per heavy atom. The molecule has 29 heavy (non-hydrogen) atoms. The van der Waals surface area contributed by atoms with Crippen LogP contribution in [0.3, 0.4) is 0 Å². The molecule has 164 valence electrons. The van der Waals surface area contributed by atoms with E-state index >= 15 is 0 Å². The first-order chi connectivity index (χ1) is 14.4. The number of hydrogen-bond acceptors (Lipinski definition) is 2. The van der Waals surface area contributed by atoms with Crippen molar-refractivity contribution in [1.82, 2.24) is 0 Å². The smallest absolute Gasteiger partial charge is 0.122 e. The summed E-state index contributed by atoms with van der Waals surface area (Å²) in [5.74, 6) is 1.04. The summed E-state index contributed by atoms with van der Waals surface area (Å²) in [4.78, 5) is 0. The highest BCUT2D eigenvalue weighted by molar-refractivity contribution is 5.33. The molecule has 2 nitrogen and oxygen atoms in total. The second kappa shape index (κ2) is 16.5. The van der Waals surface area contributed by atoms with Crippen LogP contribution in [0.4, 0.5) is 0 Å². The zero-order chi connectivity index (χ0) is 20.4. The van der Waals surface area contributed by atoms with E-state index in [9.17, 15) is 0 Å². The number of unbranched alkanes of at least 4 members (excludes halogenated alkanes) is 12. The van der Waals surface area contributed by atoms with Gasteiger partial charge in [0, 0.05) is 0 Å². The third-order valence-corrected chi connectivity index (χ3v) is 5.76. The second-order valence-electron chi connectivity index (χ2n) is 8.56. The van der Waals surface area contributed by atoms with Crippen molar-refractivity contribution in [1.29, 1.82) is 0 Å². The van der Waals surface area contributed by atoms with E-state index in [1.54, 1.807) is 0 Å². The highest BCUT2D eigenvalue weighted by atomic mass is 16.6. The van der Waals surface area contributed by atoms with E-state index in [1.807, 2.05) is 0 Å². The molecule has 2 heteroatoms. The quantitative estimate of drug-likeness (QED) is 0.133. The van der Waals surface area contributed by atoms with Gasteiger partial charge in [0.25, 0.3) is 0 Å². The number of hydrogen-bond donors (Lipinski definition) is 0. The lowest BCUT2D eigenvalue weighted by Gasteiger charge is -2.10. The number of allylic oxidation sites excluding steroid dienone is 2. The van der Waals surface area contributed by atoms with E-state index in [4.69, 9.17) is 9.47 Å². The Hall–Kier alpha value is -1.28. The zero-order valence-corrected chi connectivity index (χ0v) is 18.9. The number of aryl methyl sites for hydroxylation is 1.